The lowest BCUT2D eigenvalue weighted by molar-refractivity contribution is -0.129. The van der Waals surface area contributed by atoms with Gasteiger partial charge in [-0.15, -0.1) is 0 Å². The molecule has 1 atom stereocenters. The van der Waals surface area contributed by atoms with Crippen molar-refractivity contribution in [3.8, 4) is 28.7 Å². The molecule has 1 aliphatic heterocycles. The predicted octanol–water partition coefficient (Wildman–Crippen LogP) is 6.17. The fraction of sp³-hybridized carbons (Fsp3) is 0.289. The third-order valence-corrected chi connectivity index (χ3v) is 9.64. The first-order valence-electron chi connectivity index (χ1n) is 15.7. The molecule has 3 heterocycles. The lowest BCUT2D eigenvalue weighted by atomic mass is 9.88. The monoisotopic (exact) mass is 723 g/mol. The van der Waals surface area contributed by atoms with E-state index < -0.39 is 0 Å². The van der Waals surface area contributed by atoms with E-state index in [9.17, 15) is 19.6 Å². The van der Waals surface area contributed by atoms with Gasteiger partial charge < -0.3 is 23.8 Å². The molecule has 0 bridgehead atoms. The maximum Gasteiger partial charge on any atom is 0.265 e. The van der Waals surface area contributed by atoms with Gasteiger partial charge in [-0.05, 0) is 102 Å². The maximum atomic E-state index is 14.0. The molecule has 0 spiro atoms. The zero-order valence-corrected chi connectivity index (χ0v) is 30.2. The van der Waals surface area contributed by atoms with Crippen LogP contribution in [0.5, 0.6) is 11.5 Å². The van der Waals surface area contributed by atoms with Crippen molar-refractivity contribution in [2.45, 2.75) is 39.8 Å². The van der Waals surface area contributed by atoms with Gasteiger partial charge in [-0.25, -0.2) is 4.98 Å². The normalized spacial score (nSPS) is 14.1. The van der Waals surface area contributed by atoms with Crippen molar-refractivity contribution in [3.05, 3.63) is 114 Å². The Morgan fingerprint density at radius 3 is 2.41 bits per heavy atom. The van der Waals surface area contributed by atoms with Crippen LogP contribution in [-0.2, 0) is 24.8 Å². The Hall–Kier alpha value is -5.21. The summed E-state index contributed by atoms with van der Waals surface area (Å²) in [7, 11) is 6.61. The van der Waals surface area contributed by atoms with E-state index in [0.717, 1.165) is 27.8 Å². The van der Waals surface area contributed by atoms with Crippen LogP contribution in [0.3, 0.4) is 0 Å². The molecule has 0 radical (unpaired) electrons. The van der Waals surface area contributed by atoms with Crippen LogP contribution in [0.25, 0.3) is 17.2 Å². The molecule has 252 valence electrons. The largest absolute Gasteiger partial charge is 0.496 e. The topological polar surface area (TPSA) is 118 Å². The quantitative estimate of drug-likeness (QED) is 0.121. The van der Waals surface area contributed by atoms with Crippen LogP contribution >= 0.6 is 15.9 Å². The van der Waals surface area contributed by atoms with Crippen LogP contribution in [0.2, 0.25) is 0 Å². The second-order valence-electron chi connectivity index (χ2n) is 12.1. The number of hydrogen-bond donors (Lipinski definition) is 0. The minimum absolute atomic E-state index is 0.0108. The van der Waals surface area contributed by atoms with Gasteiger partial charge in [0, 0.05) is 43.5 Å². The molecule has 0 saturated heterocycles. The van der Waals surface area contributed by atoms with Crippen LogP contribution < -0.4 is 15.0 Å². The number of carbonyl (C=O) groups excluding carboxylic acids is 2. The SMILES string of the molecule is COc1cc(-c2cn(C)c(=O)c(C)c2C)cc(OC)c1CN(C)C(=O)c1cccc2c1CCN(C(=O)/C(C#N)=C/c1cccc(Br)n1)C2C. The summed E-state index contributed by atoms with van der Waals surface area (Å²) in [6, 6.07) is 16.3. The van der Waals surface area contributed by atoms with Crippen LogP contribution in [0.15, 0.2) is 69.7 Å². The number of carbonyl (C=O) groups is 2. The van der Waals surface area contributed by atoms with Gasteiger partial charge >= 0.3 is 0 Å². The van der Waals surface area contributed by atoms with Crippen molar-refractivity contribution in [1.29, 1.82) is 5.26 Å². The van der Waals surface area contributed by atoms with Crippen molar-refractivity contribution < 1.29 is 19.1 Å². The van der Waals surface area contributed by atoms with Crippen LogP contribution in [0.4, 0.5) is 0 Å². The second kappa shape index (κ2) is 14.5. The number of halogens is 1. The molecule has 2 aromatic carbocycles. The van der Waals surface area contributed by atoms with E-state index in [2.05, 4.69) is 20.9 Å². The number of nitriles is 1. The number of methoxy groups -OCH3 is 2. The van der Waals surface area contributed by atoms with E-state index in [0.29, 0.717) is 51.5 Å². The summed E-state index contributed by atoms with van der Waals surface area (Å²) < 4.78 is 13.8. The van der Waals surface area contributed by atoms with Gasteiger partial charge in [0.25, 0.3) is 17.4 Å². The number of amides is 2. The molecular formula is C38H38BrN5O5. The third-order valence-electron chi connectivity index (χ3n) is 9.19. The highest BCUT2D eigenvalue weighted by molar-refractivity contribution is 9.10. The Balaban J connectivity index is 1.42. The van der Waals surface area contributed by atoms with E-state index in [1.807, 2.05) is 57.2 Å². The molecule has 2 amide bonds. The molecule has 4 aromatic rings. The molecule has 0 saturated carbocycles. The number of rotatable bonds is 8. The molecule has 11 heteroatoms. The Labute approximate surface area is 294 Å². The summed E-state index contributed by atoms with van der Waals surface area (Å²) in [4.78, 5) is 47.7. The number of nitrogens with zero attached hydrogens (tertiary/aromatic N) is 5. The minimum Gasteiger partial charge on any atom is -0.496 e. The predicted molar refractivity (Wildman–Crippen MR) is 191 cm³/mol. The highest BCUT2D eigenvalue weighted by Gasteiger charge is 2.32. The molecule has 49 heavy (non-hydrogen) atoms. The molecule has 1 aliphatic rings. The van der Waals surface area contributed by atoms with Crippen LogP contribution in [0.1, 0.15) is 56.8 Å². The van der Waals surface area contributed by atoms with Gasteiger partial charge in [0.1, 0.15) is 27.7 Å². The van der Waals surface area contributed by atoms with Crippen LogP contribution in [-0.4, -0.2) is 59.0 Å². The average molecular weight is 725 g/mol. The maximum absolute atomic E-state index is 14.0. The summed E-state index contributed by atoms with van der Waals surface area (Å²) in [6.45, 7) is 6.19. The second-order valence-corrected chi connectivity index (χ2v) is 12.9. The van der Waals surface area contributed by atoms with E-state index in [1.54, 1.807) is 67.1 Å². The van der Waals surface area contributed by atoms with E-state index in [-0.39, 0.29) is 35.5 Å². The lowest BCUT2D eigenvalue weighted by Gasteiger charge is -2.36. The zero-order valence-electron chi connectivity index (χ0n) is 28.6. The van der Waals surface area contributed by atoms with Gasteiger partial charge in [-0.2, -0.15) is 5.26 Å². The molecule has 0 fully saturated rings. The lowest BCUT2D eigenvalue weighted by Crippen LogP contribution is -2.40. The minimum atomic E-state index is -0.387. The van der Waals surface area contributed by atoms with Crippen molar-refractivity contribution in [1.82, 2.24) is 19.4 Å². The summed E-state index contributed by atoms with van der Waals surface area (Å²) in [5.41, 5.74) is 6.68. The van der Waals surface area contributed by atoms with Gasteiger partial charge in [0.2, 0.25) is 0 Å². The molecule has 10 nitrogen and oxygen atoms in total. The third kappa shape index (κ3) is 6.87. The molecule has 0 N–H and O–H groups in total. The number of benzene rings is 2. The molecular weight excluding hydrogens is 686 g/mol. The summed E-state index contributed by atoms with van der Waals surface area (Å²) in [5.74, 6) is 0.538. The Bertz CT molecular complexity index is 2070. The first kappa shape index (κ1) is 35.1. The molecule has 2 aromatic heterocycles. The number of pyridine rings is 2. The van der Waals surface area contributed by atoms with Crippen molar-refractivity contribution in [2.75, 3.05) is 27.8 Å². The van der Waals surface area contributed by atoms with E-state index in [4.69, 9.17) is 9.47 Å². The molecule has 0 aliphatic carbocycles. The van der Waals surface area contributed by atoms with Crippen molar-refractivity contribution in [3.63, 3.8) is 0 Å². The number of ether oxygens (including phenoxy) is 2. The zero-order chi connectivity index (χ0) is 35.6. The summed E-state index contributed by atoms with van der Waals surface area (Å²) >= 11 is 3.32. The van der Waals surface area contributed by atoms with Crippen LogP contribution in [0, 0.1) is 25.2 Å². The van der Waals surface area contributed by atoms with E-state index >= 15 is 0 Å². The Morgan fingerprint density at radius 2 is 1.78 bits per heavy atom. The van der Waals surface area contributed by atoms with Gasteiger partial charge in [0.05, 0.1) is 38.1 Å². The van der Waals surface area contributed by atoms with E-state index in [1.165, 1.54) is 6.08 Å². The summed E-state index contributed by atoms with van der Waals surface area (Å²) in [5, 5.41) is 9.84. The molecule has 5 rings (SSSR count). The first-order valence-corrected chi connectivity index (χ1v) is 16.5. The standard InChI is InChI=1S/C38H38BrN5O5/c1-22-23(2)36(45)42(4)20-31(22)25-17-33(48-6)32(34(18-25)49-7)21-43(5)38(47)30-12-9-11-28-24(3)44(15-14-29(28)30)37(46)26(19-40)16-27-10-8-13-35(39)41-27/h8-13,16-18,20,24H,14-15,21H2,1-7H3/b26-16+. The Morgan fingerprint density at radius 1 is 1.10 bits per heavy atom. The van der Waals surface area contributed by atoms with Gasteiger partial charge in [0.15, 0.2) is 0 Å². The number of aryl methyl sites for hydroxylation is 1. The van der Waals surface area contributed by atoms with Crippen molar-refractivity contribution in [2.24, 2.45) is 7.05 Å². The van der Waals surface area contributed by atoms with Crippen molar-refractivity contribution >= 4 is 33.8 Å². The first-order chi connectivity index (χ1) is 23.4. The highest BCUT2D eigenvalue weighted by Crippen LogP contribution is 2.38. The molecule has 1 unspecified atom stereocenters. The summed E-state index contributed by atoms with van der Waals surface area (Å²) in [6.07, 6.45) is 3.75. The van der Waals surface area contributed by atoms with Gasteiger partial charge in [-0.1, -0.05) is 18.2 Å². The Kier molecular flexibility index (Phi) is 10.4. The highest BCUT2D eigenvalue weighted by atomic mass is 79.9. The fourth-order valence-corrected chi connectivity index (χ4v) is 6.73. The smallest absolute Gasteiger partial charge is 0.265 e. The number of aromatic nitrogens is 2. The number of fused-ring (bicyclic) bond motifs is 1. The number of hydrogen-bond acceptors (Lipinski definition) is 7. The fourth-order valence-electron chi connectivity index (χ4n) is 6.37. The average Bonchev–Trinajstić information content (AvgIpc) is 3.10. The van der Waals surface area contributed by atoms with Gasteiger partial charge in [-0.3, -0.25) is 14.4 Å².